The molecule has 0 saturated carbocycles. The van der Waals surface area contributed by atoms with Crippen molar-refractivity contribution in [2.24, 2.45) is 0 Å². The van der Waals surface area contributed by atoms with Crippen LogP contribution < -0.4 is 16.0 Å². The smallest absolute Gasteiger partial charge is 0.251 e. The molecular weight excluding hydrogens is 382 g/mol. The Morgan fingerprint density at radius 2 is 1.68 bits per heavy atom. The zero-order chi connectivity index (χ0) is 18.2. The van der Waals surface area contributed by atoms with E-state index in [0.29, 0.717) is 11.3 Å². The summed E-state index contributed by atoms with van der Waals surface area (Å²) in [6, 6.07) is 15.0. The molecular formula is C19H22BrN3O2. The van der Waals surface area contributed by atoms with Gasteiger partial charge in [-0.2, -0.15) is 0 Å². The van der Waals surface area contributed by atoms with Crippen LogP contribution in [0.5, 0.6) is 0 Å². The first-order chi connectivity index (χ1) is 12.0. The molecule has 6 heteroatoms. The van der Waals surface area contributed by atoms with Gasteiger partial charge in [0, 0.05) is 28.8 Å². The van der Waals surface area contributed by atoms with E-state index in [0.717, 1.165) is 16.5 Å². The first-order valence-corrected chi connectivity index (χ1v) is 8.93. The lowest BCUT2D eigenvalue weighted by Crippen LogP contribution is -2.31. The summed E-state index contributed by atoms with van der Waals surface area (Å²) in [4.78, 5) is 23.6. The maximum absolute atomic E-state index is 12.1. The number of carbonyl (C=O) groups excluding carboxylic acids is 2. The van der Waals surface area contributed by atoms with E-state index in [-0.39, 0.29) is 24.4 Å². The van der Waals surface area contributed by atoms with Crippen LogP contribution in [0.4, 0.5) is 5.69 Å². The molecule has 3 N–H and O–H groups in total. The third-order valence-electron chi connectivity index (χ3n) is 3.85. The third-order valence-corrected chi connectivity index (χ3v) is 4.38. The summed E-state index contributed by atoms with van der Waals surface area (Å²) >= 11 is 3.42. The highest BCUT2D eigenvalue weighted by atomic mass is 79.9. The molecule has 2 aromatic rings. The highest BCUT2D eigenvalue weighted by Crippen LogP contribution is 2.19. The zero-order valence-electron chi connectivity index (χ0n) is 14.3. The molecule has 2 rings (SSSR count). The highest BCUT2D eigenvalue weighted by molar-refractivity contribution is 9.10. The Kier molecular flexibility index (Phi) is 7.16. The topological polar surface area (TPSA) is 70.2 Å². The van der Waals surface area contributed by atoms with E-state index in [1.165, 1.54) is 0 Å². The molecule has 2 aromatic carbocycles. The SMILES string of the molecule is CC[C@H](NCC(=O)Nc1ccc(C(=O)NC)cc1)c1ccc(Br)cc1. The molecule has 0 aliphatic carbocycles. The van der Waals surface area contributed by atoms with E-state index in [9.17, 15) is 9.59 Å². The molecule has 0 spiro atoms. The summed E-state index contributed by atoms with van der Waals surface area (Å²) in [6.07, 6.45) is 0.885. The largest absolute Gasteiger partial charge is 0.355 e. The second-order valence-corrected chi connectivity index (χ2v) is 6.51. The number of carbonyl (C=O) groups is 2. The Labute approximate surface area is 156 Å². The van der Waals surface area contributed by atoms with Gasteiger partial charge < -0.3 is 16.0 Å². The quantitative estimate of drug-likeness (QED) is 0.662. The van der Waals surface area contributed by atoms with Crippen LogP contribution in [-0.4, -0.2) is 25.4 Å². The highest BCUT2D eigenvalue weighted by Gasteiger charge is 2.11. The minimum absolute atomic E-state index is 0.120. The predicted octanol–water partition coefficient (Wildman–Crippen LogP) is 3.49. The van der Waals surface area contributed by atoms with Crippen molar-refractivity contribution < 1.29 is 9.59 Å². The number of hydrogen-bond acceptors (Lipinski definition) is 3. The second-order valence-electron chi connectivity index (χ2n) is 5.60. The Balaban J connectivity index is 1.88. The van der Waals surface area contributed by atoms with E-state index in [1.54, 1.807) is 31.3 Å². The van der Waals surface area contributed by atoms with Crippen LogP contribution >= 0.6 is 15.9 Å². The molecule has 0 heterocycles. The van der Waals surface area contributed by atoms with E-state index in [4.69, 9.17) is 0 Å². The fourth-order valence-electron chi connectivity index (χ4n) is 2.46. The molecule has 0 aromatic heterocycles. The molecule has 0 fully saturated rings. The first kappa shape index (κ1) is 19.1. The Morgan fingerprint density at radius 1 is 1.04 bits per heavy atom. The zero-order valence-corrected chi connectivity index (χ0v) is 15.9. The third kappa shape index (κ3) is 5.69. The van der Waals surface area contributed by atoms with Crippen LogP contribution in [-0.2, 0) is 4.79 Å². The van der Waals surface area contributed by atoms with Crippen LogP contribution in [0, 0.1) is 0 Å². The maximum atomic E-state index is 12.1. The summed E-state index contributed by atoms with van der Waals surface area (Å²) < 4.78 is 1.03. The summed E-state index contributed by atoms with van der Waals surface area (Å²) in [6.45, 7) is 2.29. The predicted molar refractivity (Wildman–Crippen MR) is 104 cm³/mol. The van der Waals surface area contributed by atoms with Crippen molar-refractivity contribution in [3.8, 4) is 0 Å². The molecule has 0 aliphatic rings. The lowest BCUT2D eigenvalue weighted by Gasteiger charge is -2.17. The molecule has 5 nitrogen and oxygen atoms in total. The van der Waals surface area contributed by atoms with Gasteiger partial charge >= 0.3 is 0 Å². The van der Waals surface area contributed by atoms with Crippen LogP contribution in [0.1, 0.15) is 35.3 Å². The van der Waals surface area contributed by atoms with Gasteiger partial charge in [0.05, 0.1) is 6.54 Å². The molecule has 0 radical (unpaired) electrons. The monoisotopic (exact) mass is 403 g/mol. The molecule has 1 atom stereocenters. The number of hydrogen-bond donors (Lipinski definition) is 3. The summed E-state index contributed by atoms with van der Waals surface area (Å²) in [7, 11) is 1.58. The number of halogens is 1. The van der Waals surface area contributed by atoms with Crippen molar-refractivity contribution in [3.05, 3.63) is 64.1 Å². The second kappa shape index (κ2) is 9.34. The minimum Gasteiger partial charge on any atom is -0.355 e. The normalized spacial score (nSPS) is 11.6. The number of nitrogens with one attached hydrogen (secondary N) is 3. The van der Waals surface area contributed by atoms with Gasteiger partial charge in [-0.3, -0.25) is 9.59 Å². The number of anilines is 1. The molecule has 2 amide bonds. The van der Waals surface area contributed by atoms with Crippen molar-refractivity contribution in [1.82, 2.24) is 10.6 Å². The fourth-order valence-corrected chi connectivity index (χ4v) is 2.73. The van der Waals surface area contributed by atoms with E-state index in [2.05, 4.69) is 38.8 Å². The van der Waals surface area contributed by atoms with Gasteiger partial charge in [0.15, 0.2) is 0 Å². The average molecular weight is 404 g/mol. The van der Waals surface area contributed by atoms with Gasteiger partial charge in [0.2, 0.25) is 5.91 Å². The summed E-state index contributed by atoms with van der Waals surface area (Å²) in [5.74, 6) is -0.275. The number of benzene rings is 2. The van der Waals surface area contributed by atoms with Crippen molar-refractivity contribution in [3.63, 3.8) is 0 Å². The van der Waals surface area contributed by atoms with Gasteiger partial charge in [-0.25, -0.2) is 0 Å². The Bertz CT molecular complexity index is 714. The summed E-state index contributed by atoms with van der Waals surface area (Å²) in [5.41, 5.74) is 2.37. The standard InChI is InChI=1S/C19H22BrN3O2/c1-3-17(13-4-8-15(20)9-5-13)22-12-18(24)23-16-10-6-14(7-11-16)19(25)21-2/h4-11,17,22H,3,12H2,1-2H3,(H,21,25)(H,23,24)/t17-/m0/s1. The number of rotatable bonds is 7. The van der Waals surface area contributed by atoms with Gasteiger partial charge in [-0.15, -0.1) is 0 Å². The van der Waals surface area contributed by atoms with Crippen LogP contribution in [0.15, 0.2) is 53.0 Å². The van der Waals surface area contributed by atoms with E-state index >= 15 is 0 Å². The maximum Gasteiger partial charge on any atom is 0.251 e. The first-order valence-electron chi connectivity index (χ1n) is 8.14. The van der Waals surface area contributed by atoms with Crippen molar-refractivity contribution in [1.29, 1.82) is 0 Å². The van der Waals surface area contributed by atoms with Gasteiger partial charge in [-0.1, -0.05) is 35.0 Å². The molecule has 0 saturated heterocycles. The summed E-state index contributed by atoms with van der Waals surface area (Å²) in [5, 5.41) is 8.66. The van der Waals surface area contributed by atoms with Crippen LogP contribution in [0.3, 0.4) is 0 Å². The minimum atomic E-state index is -0.153. The van der Waals surface area contributed by atoms with Crippen molar-refractivity contribution in [2.45, 2.75) is 19.4 Å². The molecule has 132 valence electrons. The van der Waals surface area contributed by atoms with Crippen molar-refractivity contribution >= 4 is 33.4 Å². The van der Waals surface area contributed by atoms with Crippen molar-refractivity contribution in [2.75, 3.05) is 18.9 Å². The molecule has 0 bridgehead atoms. The van der Waals surface area contributed by atoms with Gasteiger partial charge in [-0.05, 0) is 48.4 Å². The van der Waals surface area contributed by atoms with Gasteiger partial charge in [0.25, 0.3) is 5.91 Å². The van der Waals surface area contributed by atoms with E-state index < -0.39 is 0 Å². The van der Waals surface area contributed by atoms with Crippen LogP contribution in [0.25, 0.3) is 0 Å². The molecule has 0 aliphatic heterocycles. The lowest BCUT2D eigenvalue weighted by atomic mass is 10.0. The average Bonchev–Trinajstić information content (AvgIpc) is 2.63. The number of amides is 2. The lowest BCUT2D eigenvalue weighted by molar-refractivity contribution is -0.115. The fraction of sp³-hybridized carbons (Fsp3) is 0.263. The van der Waals surface area contributed by atoms with E-state index in [1.807, 2.05) is 24.3 Å². The molecule has 25 heavy (non-hydrogen) atoms. The van der Waals surface area contributed by atoms with Gasteiger partial charge in [0.1, 0.15) is 0 Å². The van der Waals surface area contributed by atoms with Crippen LogP contribution in [0.2, 0.25) is 0 Å². The molecule has 0 unspecified atom stereocenters. The Morgan fingerprint density at radius 3 is 2.24 bits per heavy atom. The Hall–Kier alpha value is -2.18.